The van der Waals surface area contributed by atoms with E-state index in [2.05, 4.69) is 5.32 Å². The van der Waals surface area contributed by atoms with Crippen LogP contribution in [0.1, 0.15) is 24.3 Å². The van der Waals surface area contributed by atoms with Crippen molar-refractivity contribution in [3.8, 4) is 0 Å². The summed E-state index contributed by atoms with van der Waals surface area (Å²) in [5, 5.41) is 2.88. The SMILES string of the molecule is CC1(C)NC(=O)c2cccc[n+]21. The number of rotatable bonds is 0. The number of nitrogens with zero attached hydrogens (tertiary/aromatic N) is 1. The third-order valence-electron chi connectivity index (χ3n) is 2.11. The van der Waals surface area contributed by atoms with Gasteiger partial charge in [-0.2, -0.15) is 4.57 Å². The van der Waals surface area contributed by atoms with E-state index in [1.165, 1.54) is 0 Å². The summed E-state index contributed by atoms with van der Waals surface area (Å²) in [6.45, 7) is 3.95. The van der Waals surface area contributed by atoms with E-state index < -0.39 is 0 Å². The molecule has 1 aliphatic rings. The summed E-state index contributed by atoms with van der Waals surface area (Å²) in [7, 11) is 0. The molecule has 3 nitrogen and oxygen atoms in total. The Labute approximate surface area is 71.0 Å². The first-order chi connectivity index (χ1) is 5.61. The van der Waals surface area contributed by atoms with Crippen LogP contribution in [0.5, 0.6) is 0 Å². The number of hydrogen-bond donors (Lipinski definition) is 1. The van der Waals surface area contributed by atoms with Crippen molar-refractivity contribution in [2.75, 3.05) is 0 Å². The highest BCUT2D eigenvalue weighted by Gasteiger charge is 2.42. The molecule has 0 saturated heterocycles. The Kier molecular flexibility index (Phi) is 1.25. The Hall–Kier alpha value is -1.38. The van der Waals surface area contributed by atoms with Crippen molar-refractivity contribution >= 4 is 5.91 Å². The van der Waals surface area contributed by atoms with E-state index in [4.69, 9.17) is 0 Å². The fraction of sp³-hybridized carbons (Fsp3) is 0.333. The van der Waals surface area contributed by atoms with Gasteiger partial charge in [0.1, 0.15) is 0 Å². The van der Waals surface area contributed by atoms with Crippen LogP contribution >= 0.6 is 0 Å². The molecule has 1 aromatic rings. The highest BCUT2D eigenvalue weighted by molar-refractivity contribution is 5.92. The van der Waals surface area contributed by atoms with Crippen LogP contribution in [0, 0.1) is 0 Å². The zero-order valence-electron chi connectivity index (χ0n) is 7.16. The molecular formula is C9H11N2O+. The Balaban J connectivity index is 2.66. The molecular weight excluding hydrogens is 152 g/mol. The molecule has 0 saturated carbocycles. The molecule has 1 aromatic heterocycles. The van der Waals surface area contributed by atoms with Crippen LogP contribution in [0.15, 0.2) is 24.4 Å². The molecule has 1 aliphatic heterocycles. The van der Waals surface area contributed by atoms with Gasteiger partial charge in [0.2, 0.25) is 5.66 Å². The summed E-state index contributed by atoms with van der Waals surface area (Å²) in [6.07, 6.45) is 1.91. The maximum absolute atomic E-state index is 11.3. The van der Waals surface area contributed by atoms with Crippen molar-refractivity contribution in [3.05, 3.63) is 30.1 Å². The molecule has 0 bridgehead atoms. The smallest absolute Gasteiger partial charge is 0.287 e. The van der Waals surface area contributed by atoms with Gasteiger partial charge in [0.25, 0.3) is 5.69 Å². The number of aromatic nitrogens is 1. The number of fused-ring (bicyclic) bond motifs is 1. The monoisotopic (exact) mass is 163 g/mol. The first-order valence-electron chi connectivity index (χ1n) is 3.95. The molecule has 62 valence electrons. The van der Waals surface area contributed by atoms with Crippen LogP contribution in [0.4, 0.5) is 0 Å². The fourth-order valence-electron chi connectivity index (χ4n) is 1.52. The third kappa shape index (κ3) is 0.826. The second-order valence-corrected chi connectivity index (χ2v) is 3.47. The van der Waals surface area contributed by atoms with Gasteiger partial charge in [-0.15, -0.1) is 0 Å². The van der Waals surface area contributed by atoms with E-state index in [0.717, 1.165) is 5.69 Å². The standard InChI is InChI=1S/C9H10N2O/c1-9(2)10-8(12)7-5-3-4-6-11(7)9/h3-6H,1-2H3/p+1. The van der Waals surface area contributed by atoms with E-state index >= 15 is 0 Å². The minimum absolute atomic E-state index is 0.000556. The lowest BCUT2D eigenvalue weighted by Crippen LogP contribution is -2.55. The van der Waals surface area contributed by atoms with Gasteiger partial charge in [0.05, 0.1) is 0 Å². The third-order valence-corrected chi connectivity index (χ3v) is 2.11. The van der Waals surface area contributed by atoms with Crippen LogP contribution < -0.4 is 9.88 Å². The van der Waals surface area contributed by atoms with Gasteiger partial charge in [-0.3, -0.25) is 10.1 Å². The number of hydrogen-bond acceptors (Lipinski definition) is 1. The quantitative estimate of drug-likeness (QED) is 0.552. The summed E-state index contributed by atoms with van der Waals surface area (Å²) in [5.41, 5.74) is 0.440. The number of carbonyl (C=O) groups excluding carboxylic acids is 1. The summed E-state index contributed by atoms with van der Waals surface area (Å²) in [5.74, 6) is 0.000556. The number of carbonyl (C=O) groups is 1. The lowest BCUT2D eigenvalue weighted by atomic mass is 10.2. The van der Waals surface area contributed by atoms with Crippen molar-refractivity contribution in [1.29, 1.82) is 0 Å². The molecule has 0 fully saturated rings. The van der Waals surface area contributed by atoms with E-state index in [9.17, 15) is 4.79 Å². The summed E-state index contributed by atoms with van der Waals surface area (Å²) < 4.78 is 1.94. The fourth-order valence-corrected chi connectivity index (χ4v) is 1.52. The molecule has 0 aliphatic carbocycles. The van der Waals surface area contributed by atoms with Gasteiger partial charge >= 0.3 is 5.91 Å². The minimum Gasteiger partial charge on any atom is -0.287 e. The molecule has 0 unspecified atom stereocenters. The summed E-state index contributed by atoms with van der Waals surface area (Å²) >= 11 is 0. The summed E-state index contributed by atoms with van der Waals surface area (Å²) in [6, 6.07) is 5.61. The van der Waals surface area contributed by atoms with Gasteiger partial charge in [0, 0.05) is 26.0 Å². The highest BCUT2D eigenvalue weighted by Crippen LogP contribution is 2.11. The van der Waals surface area contributed by atoms with E-state index in [1.807, 2.05) is 42.8 Å². The zero-order chi connectivity index (χ0) is 8.77. The second-order valence-electron chi connectivity index (χ2n) is 3.47. The molecule has 1 amide bonds. The average Bonchev–Trinajstić information content (AvgIpc) is 2.25. The Morgan fingerprint density at radius 1 is 1.42 bits per heavy atom. The van der Waals surface area contributed by atoms with Gasteiger partial charge in [-0.05, 0) is 6.07 Å². The number of amides is 1. The topological polar surface area (TPSA) is 33.0 Å². The molecule has 0 atom stereocenters. The lowest BCUT2D eigenvalue weighted by molar-refractivity contribution is -0.754. The van der Waals surface area contributed by atoms with Crippen LogP contribution in [0.25, 0.3) is 0 Å². The second kappa shape index (κ2) is 2.06. The van der Waals surface area contributed by atoms with Crippen LogP contribution in [-0.4, -0.2) is 5.91 Å². The van der Waals surface area contributed by atoms with E-state index in [0.29, 0.717) is 0 Å². The number of pyridine rings is 1. The zero-order valence-corrected chi connectivity index (χ0v) is 7.16. The normalized spacial score (nSPS) is 18.7. The van der Waals surface area contributed by atoms with Gasteiger partial charge in [-0.25, -0.2) is 0 Å². The maximum atomic E-state index is 11.3. The largest absolute Gasteiger partial charge is 0.321 e. The van der Waals surface area contributed by atoms with Crippen LogP contribution in [0.2, 0.25) is 0 Å². The molecule has 0 spiro atoms. The summed E-state index contributed by atoms with van der Waals surface area (Å²) in [4.78, 5) is 11.3. The molecule has 2 heterocycles. The van der Waals surface area contributed by atoms with Gasteiger partial charge < -0.3 is 0 Å². The molecule has 0 aromatic carbocycles. The minimum atomic E-state index is -0.284. The molecule has 3 heteroatoms. The first kappa shape index (κ1) is 7.28. The van der Waals surface area contributed by atoms with Gasteiger partial charge in [0.15, 0.2) is 6.20 Å². The van der Waals surface area contributed by atoms with Crippen molar-refractivity contribution in [3.63, 3.8) is 0 Å². The van der Waals surface area contributed by atoms with Crippen molar-refractivity contribution < 1.29 is 9.36 Å². The Morgan fingerprint density at radius 2 is 2.17 bits per heavy atom. The van der Waals surface area contributed by atoms with Crippen LogP contribution in [0.3, 0.4) is 0 Å². The molecule has 0 radical (unpaired) electrons. The van der Waals surface area contributed by atoms with Crippen LogP contribution in [-0.2, 0) is 5.66 Å². The molecule has 1 N–H and O–H groups in total. The van der Waals surface area contributed by atoms with E-state index in [1.54, 1.807) is 0 Å². The predicted molar refractivity (Wildman–Crippen MR) is 43.4 cm³/mol. The molecule has 12 heavy (non-hydrogen) atoms. The van der Waals surface area contributed by atoms with Gasteiger partial charge in [-0.1, -0.05) is 0 Å². The average molecular weight is 163 g/mol. The highest BCUT2D eigenvalue weighted by atomic mass is 16.2. The number of nitrogens with one attached hydrogen (secondary N) is 1. The predicted octanol–water partition coefficient (Wildman–Crippen LogP) is 0.410. The lowest BCUT2D eigenvalue weighted by Gasteiger charge is -2.11. The van der Waals surface area contributed by atoms with E-state index in [-0.39, 0.29) is 11.6 Å². The Morgan fingerprint density at radius 3 is 2.83 bits per heavy atom. The van der Waals surface area contributed by atoms with Crippen molar-refractivity contribution in [1.82, 2.24) is 5.32 Å². The van der Waals surface area contributed by atoms with Crippen molar-refractivity contribution in [2.24, 2.45) is 0 Å². The first-order valence-corrected chi connectivity index (χ1v) is 3.95. The van der Waals surface area contributed by atoms with Crippen molar-refractivity contribution in [2.45, 2.75) is 19.5 Å². The Bertz CT molecular complexity index is 344. The molecule has 2 rings (SSSR count). The maximum Gasteiger partial charge on any atom is 0.321 e.